The van der Waals surface area contributed by atoms with Gasteiger partial charge in [0.1, 0.15) is 12.6 Å². The molecule has 1 fully saturated rings. The molecule has 199 valence electrons. The van der Waals surface area contributed by atoms with Crippen LogP contribution in [0.3, 0.4) is 0 Å². The van der Waals surface area contributed by atoms with Gasteiger partial charge in [-0.1, -0.05) is 57.3 Å². The monoisotopic (exact) mass is 531 g/mol. The summed E-state index contributed by atoms with van der Waals surface area (Å²) in [4.78, 5) is 4.89. The molecule has 2 aromatic heterocycles. The van der Waals surface area contributed by atoms with Crippen LogP contribution in [-0.4, -0.2) is 13.8 Å². The Balaban J connectivity index is 1.72. The first-order valence-electron chi connectivity index (χ1n) is 17.2. The summed E-state index contributed by atoms with van der Waals surface area (Å²) in [5, 5.41) is 0. The van der Waals surface area contributed by atoms with Crippen LogP contribution in [0.1, 0.15) is 83.2 Å². The SMILES string of the molecule is [2H]C([2H])([2H])c1cc(C2([2H])CCC(C)(C)CC2)ccc1-c1cc(-c2c(C)ccc3oc(CC[Si](C)C)nc23)[n+](C)cc1C([2H])([2H])[2H]. The van der Waals surface area contributed by atoms with Gasteiger partial charge in [-0.2, -0.15) is 0 Å². The van der Waals surface area contributed by atoms with Crippen molar-refractivity contribution < 1.29 is 18.6 Å². The topological polar surface area (TPSA) is 29.9 Å². The minimum Gasteiger partial charge on any atom is -0.441 e. The van der Waals surface area contributed by atoms with Crippen molar-refractivity contribution in [1.29, 1.82) is 0 Å². The maximum atomic E-state index is 9.29. The van der Waals surface area contributed by atoms with Crippen LogP contribution >= 0.6 is 0 Å². The number of aryl methyl sites for hydroxylation is 5. The molecule has 0 unspecified atom stereocenters. The fourth-order valence-corrected chi connectivity index (χ4v) is 6.28. The number of fused-ring (bicyclic) bond motifs is 1. The summed E-state index contributed by atoms with van der Waals surface area (Å²) in [5.74, 6) is -0.204. The van der Waals surface area contributed by atoms with Gasteiger partial charge in [-0.15, -0.1) is 0 Å². The first-order chi connectivity index (χ1) is 20.8. The summed E-state index contributed by atoms with van der Waals surface area (Å²) >= 11 is 0. The lowest BCUT2D eigenvalue weighted by Crippen LogP contribution is -2.31. The first kappa shape index (κ1) is 19.4. The largest absolute Gasteiger partial charge is 0.441 e. The van der Waals surface area contributed by atoms with Gasteiger partial charge in [-0.05, 0) is 91.5 Å². The number of hydrogen-bond donors (Lipinski definition) is 0. The lowest BCUT2D eigenvalue weighted by atomic mass is 9.71. The molecular formula is C34H44N2OSi+. The first-order valence-corrected chi connectivity index (χ1v) is 16.4. The smallest absolute Gasteiger partial charge is 0.215 e. The van der Waals surface area contributed by atoms with Crippen LogP contribution in [0.2, 0.25) is 19.1 Å². The third kappa shape index (κ3) is 5.38. The molecule has 4 aromatic rings. The van der Waals surface area contributed by atoms with E-state index in [4.69, 9.17) is 17.6 Å². The highest BCUT2D eigenvalue weighted by molar-refractivity contribution is 6.55. The predicted octanol–water partition coefficient (Wildman–Crippen LogP) is 8.89. The predicted molar refractivity (Wildman–Crippen MR) is 161 cm³/mol. The van der Waals surface area contributed by atoms with E-state index in [0.717, 1.165) is 36.4 Å². The van der Waals surface area contributed by atoms with Crippen molar-refractivity contribution in [3.63, 3.8) is 0 Å². The van der Waals surface area contributed by atoms with Crippen LogP contribution in [0.4, 0.5) is 0 Å². The van der Waals surface area contributed by atoms with Crippen molar-refractivity contribution in [2.45, 2.75) is 91.6 Å². The van der Waals surface area contributed by atoms with Gasteiger partial charge in [0, 0.05) is 36.4 Å². The summed E-state index contributed by atoms with van der Waals surface area (Å²) < 4.78 is 68.0. The van der Waals surface area contributed by atoms with Crippen molar-refractivity contribution in [3.05, 3.63) is 70.7 Å². The average Bonchev–Trinajstić information content (AvgIpc) is 3.36. The summed E-state index contributed by atoms with van der Waals surface area (Å²) in [6.07, 6.45) is 5.41. The summed E-state index contributed by atoms with van der Waals surface area (Å²) in [5.41, 5.74) is 5.50. The molecule has 2 aromatic carbocycles. The van der Waals surface area contributed by atoms with Gasteiger partial charge in [0.2, 0.25) is 5.69 Å². The molecule has 5 rings (SSSR count). The Kier molecular flexibility index (Phi) is 5.32. The van der Waals surface area contributed by atoms with E-state index < -0.39 is 28.4 Å². The van der Waals surface area contributed by atoms with Gasteiger partial charge in [0.25, 0.3) is 0 Å². The van der Waals surface area contributed by atoms with Crippen LogP contribution in [-0.2, 0) is 13.5 Å². The van der Waals surface area contributed by atoms with E-state index in [0.29, 0.717) is 52.2 Å². The minimum absolute atomic E-state index is 0.0668. The Morgan fingerprint density at radius 2 is 1.82 bits per heavy atom. The molecule has 3 nitrogen and oxygen atoms in total. The van der Waals surface area contributed by atoms with Crippen molar-refractivity contribution >= 4 is 19.9 Å². The normalized spacial score (nSPS) is 20.2. The Hall–Kier alpha value is -2.72. The van der Waals surface area contributed by atoms with E-state index in [1.807, 2.05) is 25.1 Å². The second kappa shape index (κ2) is 10.4. The van der Waals surface area contributed by atoms with Crippen LogP contribution in [0.15, 0.2) is 47.0 Å². The van der Waals surface area contributed by atoms with E-state index in [1.165, 1.54) is 0 Å². The number of pyridine rings is 1. The number of benzene rings is 2. The standard InChI is InChI=1S/C34H44N2OSi/c1-22-9-12-30-33(35-31(37-30)15-18-38(7)8)32(22)29-20-28(24(3)21-36(29)6)27-11-10-26(19-23(27)2)25-13-16-34(4,5)17-14-25/h9-12,19-21,25H,13-18H2,1-8H3/q+1/i2D3,3D3,25D. The van der Waals surface area contributed by atoms with Gasteiger partial charge < -0.3 is 4.42 Å². The molecule has 0 spiro atoms. The van der Waals surface area contributed by atoms with Crippen LogP contribution in [0, 0.1) is 26.0 Å². The molecule has 2 heterocycles. The van der Waals surface area contributed by atoms with E-state index in [1.54, 1.807) is 36.0 Å². The highest BCUT2D eigenvalue weighted by atomic mass is 28.3. The maximum absolute atomic E-state index is 9.29. The van der Waals surface area contributed by atoms with Gasteiger partial charge in [0.05, 0.1) is 5.56 Å². The van der Waals surface area contributed by atoms with E-state index in [2.05, 4.69) is 26.9 Å². The average molecular weight is 532 g/mol. The number of rotatable bonds is 6. The minimum atomic E-state index is -2.52. The van der Waals surface area contributed by atoms with E-state index >= 15 is 0 Å². The fourth-order valence-electron chi connectivity index (χ4n) is 5.56. The fraction of sp³-hybridized carbons (Fsp3) is 0.471. The van der Waals surface area contributed by atoms with Gasteiger partial charge in [0.15, 0.2) is 17.7 Å². The highest BCUT2D eigenvalue weighted by Gasteiger charge is 2.28. The molecule has 0 aliphatic heterocycles. The number of hydrogen-bond acceptors (Lipinski definition) is 2. The van der Waals surface area contributed by atoms with Crippen LogP contribution in [0.25, 0.3) is 33.5 Å². The van der Waals surface area contributed by atoms with Gasteiger partial charge >= 0.3 is 0 Å². The van der Waals surface area contributed by atoms with Crippen molar-refractivity contribution in [3.8, 4) is 22.4 Å². The zero-order valence-electron chi connectivity index (χ0n) is 30.6. The van der Waals surface area contributed by atoms with E-state index in [-0.39, 0.29) is 16.5 Å². The lowest BCUT2D eigenvalue weighted by molar-refractivity contribution is -0.660. The number of aromatic nitrogens is 2. The van der Waals surface area contributed by atoms with Crippen molar-refractivity contribution in [2.24, 2.45) is 12.5 Å². The van der Waals surface area contributed by atoms with Crippen molar-refractivity contribution in [2.75, 3.05) is 0 Å². The third-order valence-corrected chi connectivity index (χ3v) is 9.36. The van der Waals surface area contributed by atoms with Crippen LogP contribution in [0.5, 0.6) is 0 Å². The summed E-state index contributed by atoms with van der Waals surface area (Å²) in [6.45, 7) is 5.91. The Morgan fingerprint density at radius 3 is 2.53 bits per heavy atom. The van der Waals surface area contributed by atoms with Crippen LogP contribution < -0.4 is 4.57 Å². The number of oxazole rings is 1. The molecule has 4 heteroatoms. The molecule has 1 aliphatic rings. The Bertz CT molecular complexity index is 1730. The quantitative estimate of drug-likeness (QED) is 0.184. The number of nitrogens with zero attached hydrogens (tertiary/aromatic N) is 2. The van der Waals surface area contributed by atoms with Gasteiger partial charge in [-0.3, -0.25) is 0 Å². The molecule has 0 bridgehead atoms. The zero-order valence-corrected chi connectivity index (χ0v) is 24.6. The van der Waals surface area contributed by atoms with Gasteiger partial charge in [-0.25, -0.2) is 9.55 Å². The molecule has 0 amide bonds. The Labute approximate surface area is 240 Å². The molecule has 1 saturated carbocycles. The second-order valence-corrected chi connectivity index (χ2v) is 15.0. The van der Waals surface area contributed by atoms with Crippen molar-refractivity contribution in [1.82, 2.24) is 4.98 Å². The second-order valence-electron chi connectivity index (χ2n) is 12.0. The third-order valence-electron chi connectivity index (χ3n) is 8.11. The lowest BCUT2D eigenvalue weighted by Gasteiger charge is -2.34. The molecule has 0 atom stereocenters. The summed E-state index contributed by atoms with van der Waals surface area (Å²) in [7, 11) is 1.35. The summed E-state index contributed by atoms with van der Waals surface area (Å²) in [6, 6.07) is 11.9. The molecular weight excluding hydrogens is 480 g/mol. The molecule has 1 radical (unpaired) electrons. The highest BCUT2D eigenvalue weighted by Crippen LogP contribution is 2.43. The zero-order chi connectivity index (χ0) is 33.1. The Morgan fingerprint density at radius 1 is 1.05 bits per heavy atom. The molecule has 0 N–H and O–H groups in total. The molecule has 0 saturated heterocycles. The van der Waals surface area contributed by atoms with E-state index in [9.17, 15) is 1.37 Å². The maximum Gasteiger partial charge on any atom is 0.215 e. The molecule has 38 heavy (non-hydrogen) atoms. The molecule has 1 aliphatic carbocycles.